The fourth-order valence-corrected chi connectivity index (χ4v) is 4.32. The van der Waals surface area contributed by atoms with Crippen molar-refractivity contribution in [1.29, 1.82) is 0 Å². The summed E-state index contributed by atoms with van der Waals surface area (Å²) in [4.78, 5) is 12.9. The highest BCUT2D eigenvalue weighted by Crippen LogP contribution is 2.35. The third-order valence-electron chi connectivity index (χ3n) is 3.30. The first-order valence-electron chi connectivity index (χ1n) is 6.33. The lowest BCUT2D eigenvalue weighted by Crippen LogP contribution is -2.22. The van der Waals surface area contributed by atoms with Crippen LogP contribution in [-0.4, -0.2) is 5.91 Å². The van der Waals surface area contributed by atoms with Gasteiger partial charge >= 0.3 is 0 Å². The van der Waals surface area contributed by atoms with Gasteiger partial charge in [0.25, 0.3) is 5.91 Å². The van der Waals surface area contributed by atoms with Crippen molar-refractivity contribution >= 4 is 60.3 Å². The number of amides is 1. The van der Waals surface area contributed by atoms with Crippen molar-refractivity contribution in [3.05, 3.63) is 49.4 Å². The number of anilines is 1. The zero-order valence-corrected chi connectivity index (χ0v) is 14.5. The van der Waals surface area contributed by atoms with Crippen LogP contribution in [0.5, 0.6) is 0 Å². The maximum Gasteiger partial charge on any atom is 0.263 e. The van der Waals surface area contributed by atoms with Crippen molar-refractivity contribution in [2.75, 3.05) is 5.73 Å². The van der Waals surface area contributed by atoms with Gasteiger partial charge in [0, 0.05) is 21.1 Å². The van der Waals surface area contributed by atoms with Gasteiger partial charge in [0.2, 0.25) is 0 Å². The van der Waals surface area contributed by atoms with E-state index in [1.54, 1.807) is 11.3 Å². The van der Waals surface area contributed by atoms with Gasteiger partial charge in [-0.25, -0.2) is 0 Å². The summed E-state index contributed by atoms with van der Waals surface area (Å²) >= 11 is 6.50. The minimum absolute atomic E-state index is 0.115. The van der Waals surface area contributed by atoms with Crippen LogP contribution in [0.1, 0.15) is 20.8 Å². The van der Waals surface area contributed by atoms with Crippen LogP contribution in [0.3, 0.4) is 0 Å². The standard InChI is InChI=1S/C15H13BrN2OS2/c1-8-6-20-7-9(8)5-18-15(19)14-13(17)11-4-10(16)2-3-12(11)21-14/h2-4,6-7H,5,17H2,1H3,(H,18,19). The highest BCUT2D eigenvalue weighted by molar-refractivity contribution is 9.10. The number of carbonyl (C=O) groups is 1. The molecule has 0 saturated heterocycles. The number of rotatable bonds is 3. The molecule has 2 heterocycles. The second-order valence-corrected chi connectivity index (χ2v) is 7.46. The van der Waals surface area contributed by atoms with Gasteiger partial charge in [-0.15, -0.1) is 11.3 Å². The molecule has 21 heavy (non-hydrogen) atoms. The van der Waals surface area contributed by atoms with Gasteiger partial charge in [-0.2, -0.15) is 11.3 Å². The summed E-state index contributed by atoms with van der Waals surface area (Å²) in [5.74, 6) is -0.115. The summed E-state index contributed by atoms with van der Waals surface area (Å²) in [5, 5.41) is 8.00. The molecule has 0 bridgehead atoms. The third kappa shape index (κ3) is 2.84. The molecule has 3 nitrogen and oxygen atoms in total. The molecule has 0 saturated carbocycles. The Morgan fingerprint density at radius 3 is 2.90 bits per heavy atom. The van der Waals surface area contributed by atoms with Crippen molar-refractivity contribution in [3.63, 3.8) is 0 Å². The Bertz CT molecular complexity index is 822. The average molecular weight is 381 g/mol. The monoisotopic (exact) mass is 380 g/mol. The summed E-state index contributed by atoms with van der Waals surface area (Å²) in [5.41, 5.74) is 9.02. The normalized spacial score (nSPS) is 11.0. The van der Waals surface area contributed by atoms with Crippen LogP contribution in [0, 0.1) is 6.92 Å². The number of nitrogen functional groups attached to an aromatic ring is 1. The zero-order valence-electron chi connectivity index (χ0n) is 11.3. The van der Waals surface area contributed by atoms with E-state index in [1.807, 2.05) is 25.1 Å². The van der Waals surface area contributed by atoms with Gasteiger partial charge in [0.15, 0.2) is 0 Å². The molecule has 6 heteroatoms. The van der Waals surface area contributed by atoms with Crippen LogP contribution in [0.25, 0.3) is 10.1 Å². The van der Waals surface area contributed by atoms with Crippen molar-refractivity contribution in [1.82, 2.24) is 5.32 Å². The van der Waals surface area contributed by atoms with Crippen LogP contribution in [0.15, 0.2) is 33.4 Å². The lowest BCUT2D eigenvalue weighted by molar-refractivity contribution is 0.0956. The lowest BCUT2D eigenvalue weighted by atomic mass is 10.2. The number of hydrogen-bond donors (Lipinski definition) is 2. The molecule has 0 fully saturated rings. The van der Waals surface area contributed by atoms with Crippen LogP contribution in [0.4, 0.5) is 5.69 Å². The van der Waals surface area contributed by atoms with E-state index in [2.05, 4.69) is 32.0 Å². The Balaban J connectivity index is 1.84. The zero-order chi connectivity index (χ0) is 15.0. The van der Waals surface area contributed by atoms with E-state index in [9.17, 15) is 4.79 Å². The van der Waals surface area contributed by atoms with Crippen molar-refractivity contribution < 1.29 is 4.79 Å². The Kier molecular flexibility index (Phi) is 4.01. The van der Waals surface area contributed by atoms with Crippen LogP contribution in [0.2, 0.25) is 0 Å². The first kappa shape index (κ1) is 14.6. The Hall–Kier alpha value is -1.37. The summed E-state index contributed by atoms with van der Waals surface area (Å²) < 4.78 is 1.98. The molecule has 0 atom stereocenters. The summed E-state index contributed by atoms with van der Waals surface area (Å²) in [6.45, 7) is 2.58. The minimum atomic E-state index is -0.115. The molecule has 3 rings (SSSR count). The van der Waals surface area contributed by atoms with Crippen LogP contribution >= 0.6 is 38.6 Å². The van der Waals surface area contributed by atoms with E-state index < -0.39 is 0 Å². The maximum absolute atomic E-state index is 12.3. The number of benzene rings is 1. The van der Waals surface area contributed by atoms with Gasteiger partial charge in [0.05, 0.1) is 5.69 Å². The molecular weight excluding hydrogens is 368 g/mol. The van der Waals surface area contributed by atoms with Gasteiger partial charge in [-0.05, 0) is 47.0 Å². The first-order chi connectivity index (χ1) is 10.1. The lowest BCUT2D eigenvalue weighted by Gasteiger charge is -2.04. The molecule has 2 aromatic heterocycles. The van der Waals surface area contributed by atoms with Gasteiger partial charge in [-0.3, -0.25) is 4.79 Å². The molecular formula is C15H13BrN2OS2. The van der Waals surface area contributed by atoms with E-state index in [0.29, 0.717) is 17.1 Å². The van der Waals surface area contributed by atoms with Crippen molar-refractivity contribution in [2.24, 2.45) is 0 Å². The quantitative estimate of drug-likeness (QED) is 0.700. The topological polar surface area (TPSA) is 55.1 Å². The van der Waals surface area contributed by atoms with Gasteiger partial charge < -0.3 is 11.1 Å². The number of nitrogens with one attached hydrogen (secondary N) is 1. The van der Waals surface area contributed by atoms with Crippen molar-refractivity contribution in [3.8, 4) is 0 Å². The molecule has 0 spiro atoms. The van der Waals surface area contributed by atoms with Gasteiger partial charge in [0.1, 0.15) is 4.88 Å². The highest BCUT2D eigenvalue weighted by Gasteiger charge is 2.16. The molecule has 108 valence electrons. The first-order valence-corrected chi connectivity index (χ1v) is 8.89. The number of fused-ring (bicyclic) bond motifs is 1. The van der Waals surface area contributed by atoms with E-state index in [-0.39, 0.29) is 5.91 Å². The van der Waals surface area contributed by atoms with Gasteiger partial charge in [-0.1, -0.05) is 15.9 Å². The summed E-state index contributed by atoms with van der Waals surface area (Å²) in [6.07, 6.45) is 0. The number of carbonyl (C=O) groups excluding carboxylic acids is 1. The molecule has 0 aliphatic rings. The number of hydrogen-bond acceptors (Lipinski definition) is 4. The molecule has 1 aromatic carbocycles. The summed E-state index contributed by atoms with van der Waals surface area (Å²) in [6, 6.07) is 5.87. The average Bonchev–Trinajstić information content (AvgIpc) is 3.01. The fourth-order valence-electron chi connectivity index (χ4n) is 2.08. The predicted octanol–water partition coefficient (Wildman–Crippen LogP) is 4.55. The Morgan fingerprint density at radius 1 is 1.38 bits per heavy atom. The molecule has 0 unspecified atom stereocenters. The molecule has 0 aliphatic heterocycles. The van der Waals surface area contributed by atoms with Crippen LogP contribution < -0.4 is 11.1 Å². The SMILES string of the molecule is Cc1cscc1CNC(=O)c1sc2ccc(Br)cc2c1N. The maximum atomic E-state index is 12.3. The Labute approximate surface area is 138 Å². The molecule has 1 amide bonds. The number of thiophene rings is 2. The molecule has 3 aromatic rings. The second-order valence-electron chi connectivity index (χ2n) is 4.75. The molecule has 0 radical (unpaired) electrons. The largest absolute Gasteiger partial charge is 0.397 e. The van der Waals surface area contributed by atoms with Crippen LogP contribution in [-0.2, 0) is 6.54 Å². The second kappa shape index (κ2) is 5.79. The number of aryl methyl sites for hydroxylation is 1. The fraction of sp³-hybridized carbons (Fsp3) is 0.133. The smallest absolute Gasteiger partial charge is 0.263 e. The molecule has 3 N–H and O–H groups in total. The third-order valence-corrected chi connectivity index (χ3v) is 5.88. The van der Waals surface area contributed by atoms with E-state index in [1.165, 1.54) is 16.9 Å². The minimum Gasteiger partial charge on any atom is -0.397 e. The summed E-state index contributed by atoms with van der Waals surface area (Å²) in [7, 11) is 0. The number of nitrogens with two attached hydrogens (primary N) is 1. The van der Waals surface area contributed by atoms with E-state index in [0.717, 1.165) is 20.1 Å². The number of halogens is 1. The van der Waals surface area contributed by atoms with Crippen molar-refractivity contribution in [2.45, 2.75) is 13.5 Å². The molecule has 0 aliphatic carbocycles. The Morgan fingerprint density at radius 2 is 2.19 bits per heavy atom. The highest BCUT2D eigenvalue weighted by atomic mass is 79.9. The predicted molar refractivity (Wildman–Crippen MR) is 94.2 cm³/mol. The van der Waals surface area contributed by atoms with E-state index in [4.69, 9.17) is 5.73 Å². The van der Waals surface area contributed by atoms with E-state index >= 15 is 0 Å².